The van der Waals surface area contributed by atoms with E-state index in [1.807, 2.05) is 19.1 Å². The van der Waals surface area contributed by atoms with Gasteiger partial charge in [-0.05, 0) is 43.0 Å². The van der Waals surface area contributed by atoms with Gasteiger partial charge < -0.3 is 5.73 Å². The van der Waals surface area contributed by atoms with E-state index in [1.54, 1.807) is 0 Å². The van der Waals surface area contributed by atoms with Gasteiger partial charge in [0.15, 0.2) is 0 Å². The lowest BCUT2D eigenvalue weighted by Gasteiger charge is -2.07. The number of hydrogen-bond donors (Lipinski definition) is 1. The van der Waals surface area contributed by atoms with Crippen LogP contribution in [0.25, 0.3) is 0 Å². The van der Waals surface area contributed by atoms with E-state index in [1.165, 1.54) is 16.7 Å². The molecule has 64 valence electrons. The van der Waals surface area contributed by atoms with Gasteiger partial charge in [0.1, 0.15) is 0 Å². The lowest BCUT2D eigenvalue weighted by molar-refractivity contribution is 1.20. The van der Waals surface area contributed by atoms with Crippen molar-refractivity contribution in [3.05, 3.63) is 41.5 Å². The van der Waals surface area contributed by atoms with Crippen LogP contribution in [0.15, 0.2) is 24.8 Å². The maximum Gasteiger partial charge on any atom is 0.0349 e. The average Bonchev–Trinajstić information content (AvgIpc) is 2.00. The Hall–Kier alpha value is -1.24. The molecule has 0 aliphatic carbocycles. The van der Waals surface area contributed by atoms with Gasteiger partial charge in [-0.25, -0.2) is 0 Å². The summed E-state index contributed by atoms with van der Waals surface area (Å²) in [5, 5.41) is 0. The second-order valence-corrected chi connectivity index (χ2v) is 3.13. The van der Waals surface area contributed by atoms with Crippen molar-refractivity contribution in [1.82, 2.24) is 0 Å². The Balaban J connectivity index is 3.17. The van der Waals surface area contributed by atoms with Crippen LogP contribution in [0.2, 0.25) is 0 Å². The first-order chi connectivity index (χ1) is 5.65. The molecule has 1 nitrogen and oxygen atoms in total. The van der Waals surface area contributed by atoms with Crippen LogP contribution < -0.4 is 5.73 Å². The molecule has 0 aliphatic heterocycles. The third kappa shape index (κ3) is 1.67. The third-order valence-corrected chi connectivity index (χ3v) is 2.06. The molecule has 1 aromatic rings. The summed E-state index contributed by atoms with van der Waals surface area (Å²) in [6.45, 7) is 7.82. The Bertz CT molecular complexity index is 300. The lowest BCUT2D eigenvalue weighted by atomic mass is 10.0. The maximum atomic E-state index is 5.82. The molecular formula is C11H15N. The number of rotatable bonds is 2. The van der Waals surface area contributed by atoms with Crippen LogP contribution in [0.4, 0.5) is 5.69 Å². The Morgan fingerprint density at radius 2 is 2.08 bits per heavy atom. The summed E-state index contributed by atoms with van der Waals surface area (Å²) in [4.78, 5) is 0. The van der Waals surface area contributed by atoms with Gasteiger partial charge in [0.05, 0.1) is 0 Å². The van der Waals surface area contributed by atoms with E-state index in [2.05, 4.69) is 19.6 Å². The van der Waals surface area contributed by atoms with Gasteiger partial charge in [-0.3, -0.25) is 0 Å². The molecule has 12 heavy (non-hydrogen) atoms. The van der Waals surface area contributed by atoms with Gasteiger partial charge in [0, 0.05) is 5.69 Å². The van der Waals surface area contributed by atoms with Crippen molar-refractivity contribution in [3.8, 4) is 0 Å². The zero-order chi connectivity index (χ0) is 9.14. The van der Waals surface area contributed by atoms with Gasteiger partial charge in [-0.15, -0.1) is 6.58 Å². The normalized spacial score (nSPS) is 9.83. The number of nitrogen functional groups attached to an aromatic ring is 1. The topological polar surface area (TPSA) is 26.0 Å². The summed E-state index contributed by atoms with van der Waals surface area (Å²) in [6, 6.07) is 4.16. The predicted molar refractivity (Wildman–Crippen MR) is 54.2 cm³/mol. The highest BCUT2D eigenvalue weighted by molar-refractivity contribution is 5.52. The molecule has 0 aromatic heterocycles. The van der Waals surface area contributed by atoms with E-state index >= 15 is 0 Å². The first-order valence-electron chi connectivity index (χ1n) is 4.11. The lowest BCUT2D eigenvalue weighted by Crippen LogP contribution is -1.95. The fraction of sp³-hybridized carbons (Fsp3) is 0.273. The quantitative estimate of drug-likeness (QED) is 0.523. The first-order valence-corrected chi connectivity index (χ1v) is 4.11. The third-order valence-electron chi connectivity index (χ3n) is 2.06. The highest BCUT2D eigenvalue weighted by Gasteiger charge is 2.00. The highest BCUT2D eigenvalue weighted by Crippen LogP contribution is 2.18. The van der Waals surface area contributed by atoms with Crippen LogP contribution >= 0.6 is 0 Å². The summed E-state index contributed by atoms with van der Waals surface area (Å²) in [5.74, 6) is 0. The minimum absolute atomic E-state index is 0.881. The van der Waals surface area contributed by atoms with Crippen molar-refractivity contribution in [2.24, 2.45) is 0 Å². The molecular weight excluding hydrogens is 146 g/mol. The van der Waals surface area contributed by atoms with Crippen LogP contribution in [-0.2, 0) is 6.42 Å². The highest BCUT2D eigenvalue weighted by atomic mass is 14.6. The largest absolute Gasteiger partial charge is 0.398 e. The smallest absolute Gasteiger partial charge is 0.0349 e. The summed E-state index contributed by atoms with van der Waals surface area (Å²) >= 11 is 0. The molecule has 0 radical (unpaired) electrons. The Labute approximate surface area is 73.9 Å². The van der Waals surface area contributed by atoms with Crippen LogP contribution in [-0.4, -0.2) is 0 Å². The molecule has 1 rings (SSSR count). The molecule has 0 saturated carbocycles. The van der Waals surface area contributed by atoms with Crippen LogP contribution in [0.3, 0.4) is 0 Å². The predicted octanol–water partition coefficient (Wildman–Crippen LogP) is 2.61. The van der Waals surface area contributed by atoms with E-state index in [4.69, 9.17) is 5.73 Å². The minimum atomic E-state index is 0.881. The summed E-state index contributed by atoms with van der Waals surface area (Å²) in [5.41, 5.74) is 10.4. The number of hydrogen-bond acceptors (Lipinski definition) is 1. The van der Waals surface area contributed by atoms with Crippen molar-refractivity contribution in [2.45, 2.75) is 20.3 Å². The summed E-state index contributed by atoms with van der Waals surface area (Å²) in [7, 11) is 0. The van der Waals surface area contributed by atoms with E-state index in [0.717, 1.165) is 12.1 Å². The standard InChI is InChI=1S/C11H15N/c1-4-5-10-6-8(2)7-11(12)9(10)3/h4,6-7H,1,5,12H2,2-3H3. The number of benzene rings is 1. The molecule has 0 unspecified atom stereocenters. The fourth-order valence-corrected chi connectivity index (χ4v) is 1.33. The molecule has 0 amide bonds. The van der Waals surface area contributed by atoms with Gasteiger partial charge in [-0.1, -0.05) is 12.1 Å². The van der Waals surface area contributed by atoms with Crippen molar-refractivity contribution < 1.29 is 0 Å². The molecule has 0 bridgehead atoms. The second kappa shape index (κ2) is 3.44. The molecule has 1 aromatic carbocycles. The number of anilines is 1. The number of aryl methyl sites for hydroxylation is 1. The molecule has 0 atom stereocenters. The van der Waals surface area contributed by atoms with Gasteiger partial charge >= 0.3 is 0 Å². The first kappa shape index (κ1) is 8.85. The Morgan fingerprint density at radius 3 is 2.67 bits per heavy atom. The van der Waals surface area contributed by atoms with E-state index < -0.39 is 0 Å². The molecule has 1 heteroatoms. The van der Waals surface area contributed by atoms with Gasteiger partial charge in [0.2, 0.25) is 0 Å². The van der Waals surface area contributed by atoms with Gasteiger partial charge in [0.25, 0.3) is 0 Å². The van der Waals surface area contributed by atoms with Crippen LogP contribution in [0.5, 0.6) is 0 Å². The van der Waals surface area contributed by atoms with Crippen molar-refractivity contribution >= 4 is 5.69 Å². The SMILES string of the molecule is C=CCc1cc(C)cc(N)c1C. The van der Waals surface area contributed by atoms with Crippen LogP contribution in [0.1, 0.15) is 16.7 Å². The second-order valence-electron chi connectivity index (χ2n) is 3.13. The molecule has 0 heterocycles. The summed E-state index contributed by atoms with van der Waals surface area (Å²) in [6.07, 6.45) is 2.80. The molecule has 0 spiro atoms. The number of allylic oxidation sites excluding steroid dienone is 1. The minimum Gasteiger partial charge on any atom is -0.398 e. The average molecular weight is 161 g/mol. The number of nitrogens with two attached hydrogens (primary N) is 1. The molecule has 0 aliphatic rings. The maximum absolute atomic E-state index is 5.82. The van der Waals surface area contributed by atoms with Crippen molar-refractivity contribution in [2.75, 3.05) is 5.73 Å². The van der Waals surface area contributed by atoms with Crippen LogP contribution in [0, 0.1) is 13.8 Å². The molecule has 0 fully saturated rings. The Kier molecular flexibility index (Phi) is 2.54. The van der Waals surface area contributed by atoms with E-state index in [9.17, 15) is 0 Å². The monoisotopic (exact) mass is 161 g/mol. The van der Waals surface area contributed by atoms with Crippen molar-refractivity contribution in [1.29, 1.82) is 0 Å². The van der Waals surface area contributed by atoms with Crippen molar-refractivity contribution in [3.63, 3.8) is 0 Å². The fourth-order valence-electron chi connectivity index (χ4n) is 1.33. The van der Waals surface area contributed by atoms with E-state index in [0.29, 0.717) is 0 Å². The summed E-state index contributed by atoms with van der Waals surface area (Å²) < 4.78 is 0. The Morgan fingerprint density at radius 1 is 1.42 bits per heavy atom. The zero-order valence-corrected chi connectivity index (χ0v) is 7.72. The molecule has 0 saturated heterocycles. The van der Waals surface area contributed by atoms with E-state index in [-0.39, 0.29) is 0 Å². The van der Waals surface area contributed by atoms with Gasteiger partial charge in [-0.2, -0.15) is 0 Å². The molecule has 2 N–H and O–H groups in total. The zero-order valence-electron chi connectivity index (χ0n) is 7.72.